The third-order valence-electron chi connectivity index (χ3n) is 18.3. The van der Waals surface area contributed by atoms with Crippen LogP contribution in [0.25, 0.3) is 57.5 Å². The minimum absolute atomic E-state index is 0.0375. The summed E-state index contributed by atoms with van der Waals surface area (Å²) >= 11 is 0. The summed E-state index contributed by atoms with van der Waals surface area (Å²) in [5, 5.41) is 3.70. The van der Waals surface area contributed by atoms with Gasteiger partial charge in [-0.15, -0.1) is 0 Å². The minimum atomic E-state index is -0.0375. The highest BCUT2D eigenvalue weighted by Gasteiger charge is 2.43. The maximum absolute atomic E-state index is 5.97. The van der Waals surface area contributed by atoms with E-state index in [1.54, 1.807) is 0 Å². The van der Waals surface area contributed by atoms with Gasteiger partial charge in [0.1, 0.15) is 0 Å². The quantitative estimate of drug-likeness (QED) is 0.154. The number of aromatic nitrogens is 4. The van der Waals surface area contributed by atoms with E-state index in [2.05, 4.69) is 219 Å². The zero-order valence-electron chi connectivity index (χ0n) is 48.1. The Bertz CT molecular complexity index is 2860. The molecule has 3 aliphatic heterocycles. The van der Waals surface area contributed by atoms with Crippen molar-refractivity contribution in [2.45, 2.75) is 192 Å². The van der Waals surface area contributed by atoms with Crippen LogP contribution in [0.1, 0.15) is 231 Å². The van der Waals surface area contributed by atoms with Gasteiger partial charge in [-0.25, -0.2) is 9.97 Å². The topological polar surface area (TPSA) is 69.4 Å². The van der Waals surface area contributed by atoms with Crippen LogP contribution in [0.2, 0.25) is 0 Å². The van der Waals surface area contributed by atoms with Gasteiger partial charge in [0.25, 0.3) is 0 Å². The fourth-order valence-corrected chi connectivity index (χ4v) is 13.2. The summed E-state index contributed by atoms with van der Waals surface area (Å²) in [5.41, 5.74) is 18.7. The van der Waals surface area contributed by atoms with E-state index in [-0.39, 0.29) is 38.4 Å². The second-order valence-electron chi connectivity index (χ2n) is 29.7. The van der Waals surface area contributed by atoms with Gasteiger partial charge in [-0.3, -0.25) is 0 Å². The molecule has 5 nitrogen and oxygen atoms in total. The van der Waals surface area contributed by atoms with Crippen molar-refractivity contribution in [2.75, 3.05) is 13.1 Å². The van der Waals surface area contributed by atoms with Gasteiger partial charge in [-0.1, -0.05) is 155 Å². The van der Waals surface area contributed by atoms with Crippen molar-refractivity contribution in [2.24, 2.45) is 45.3 Å². The van der Waals surface area contributed by atoms with E-state index in [0.717, 1.165) is 78.1 Å². The Kier molecular flexibility index (Phi) is 13.6. The predicted molar refractivity (Wildman–Crippen MR) is 311 cm³/mol. The van der Waals surface area contributed by atoms with Gasteiger partial charge in [0, 0.05) is 63.3 Å². The highest BCUT2D eigenvalue weighted by atomic mass is 14.9. The van der Waals surface area contributed by atoms with E-state index in [9.17, 15) is 0 Å². The standard InChI is InChI=1S/C67H93N5/c1-62(2,3)44-30-41(31-45(36-44)63(4,5)6)59-52-23-21-50(69-52)58(40-20-19-29-68-39-40)51-22-24-53(70-51)60(42-32-46(64(7,8)9)37-47(33-42)65(10,11)12)55-26-28-57(72-55)61(56-27-25-54(59)71-56)43-34-48(66(13,14)15)38-49(35-43)67(16,17)18/h19-28,30-31,36,40,42-43,46-49,68-69,71H,29,32-35,37-39H2,1-18H3. The molecule has 386 valence electrons. The summed E-state index contributed by atoms with van der Waals surface area (Å²) in [5.74, 6) is 3.19. The van der Waals surface area contributed by atoms with Gasteiger partial charge in [-0.2, -0.15) is 0 Å². The van der Waals surface area contributed by atoms with E-state index in [0.29, 0.717) is 35.5 Å². The predicted octanol–water partition coefficient (Wildman–Crippen LogP) is 18.3. The van der Waals surface area contributed by atoms with Crippen LogP contribution < -0.4 is 5.32 Å². The van der Waals surface area contributed by atoms with Crippen molar-refractivity contribution in [1.29, 1.82) is 0 Å². The lowest BCUT2D eigenvalue weighted by Gasteiger charge is -2.46. The smallest absolute Gasteiger partial charge is 0.0697 e. The van der Waals surface area contributed by atoms with E-state index in [1.807, 2.05) is 0 Å². The first-order valence-corrected chi connectivity index (χ1v) is 28.1. The molecule has 2 aliphatic carbocycles. The normalized spacial score (nSPS) is 24.6. The molecule has 0 radical (unpaired) electrons. The number of hydrogen-bond acceptors (Lipinski definition) is 3. The summed E-state index contributed by atoms with van der Waals surface area (Å²) in [6, 6.07) is 16.8. The molecule has 2 saturated carbocycles. The number of rotatable bonds is 4. The number of hydrogen-bond donors (Lipinski definition) is 3. The van der Waals surface area contributed by atoms with Crippen LogP contribution in [0.15, 0.2) is 54.6 Å². The third-order valence-corrected chi connectivity index (χ3v) is 18.3. The van der Waals surface area contributed by atoms with Crippen LogP contribution >= 0.6 is 0 Å². The molecule has 5 unspecified atom stereocenters. The average molecular weight is 969 g/mol. The maximum atomic E-state index is 5.97. The number of H-pyrrole nitrogens is 2. The zero-order chi connectivity index (χ0) is 52.1. The number of fused-ring (bicyclic) bond motifs is 8. The van der Waals surface area contributed by atoms with Gasteiger partial charge in [0.05, 0.1) is 22.8 Å². The second-order valence-corrected chi connectivity index (χ2v) is 29.7. The van der Waals surface area contributed by atoms with Crippen molar-refractivity contribution >= 4 is 46.4 Å². The lowest BCUT2D eigenvalue weighted by Crippen LogP contribution is -2.36. The summed E-state index contributed by atoms with van der Waals surface area (Å²) in [6.07, 6.45) is 21.3. The summed E-state index contributed by atoms with van der Waals surface area (Å²) in [7, 11) is 0. The highest BCUT2D eigenvalue weighted by molar-refractivity contribution is 5.95. The van der Waals surface area contributed by atoms with Crippen LogP contribution in [0, 0.1) is 45.3 Å². The molecule has 1 aromatic carbocycles. The average Bonchev–Trinajstić information content (AvgIpc) is 4.13. The number of aromatic amines is 2. The first-order valence-electron chi connectivity index (χ1n) is 28.1. The van der Waals surface area contributed by atoms with Gasteiger partial charge in [0.2, 0.25) is 0 Å². The number of nitrogens with zero attached hydrogens (tertiary/aromatic N) is 2. The van der Waals surface area contributed by atoms with Crippen molar-refractivity contribution in [3.63, 3.8) is 0 Å². The molecule has 0 spiro atoms. The molecule has 2 fully saturated rings. The van der Waals surface area contributed by atoms with Crippen LogP contribution in [0.3, 0.4) is 0 Å². The molecule has 3 N–H and O–H groups in total. The van der Waals surface area contributed by atoms with Crippen LogP contribution in [-0.4, -0.2) is 33.0 Å². The van der Waals surface area contributed by atoms with E-state index in [1.165, 1.54) is 57.3 Å². The molecule has 4 aromatic rings. The Balaban J connectivity index is 1.43. The molecular weight excluding hydrogens is 875 g/mol. The Hall–Kier alpha value is -4.48. The van der Waals surface area contributed by atoms with Gasteiger partial charge in [-0.05, 0) is 172 Å². The molecule has 3 aromatic heterocycles. The third kappa shape index (κ3) is 10.7. The van der Waals surface area contributed by atoms with Crippen molar-refractivity contribution in [3.8, 4) is 11.1 Å². The summed E-state index contributed by atoms with van der Waals surface area (Å²) in [6.45, 7) is 45.5. The van der Waals surface area contributed by atoms with Crippen molar-refractivity contribution < 1.29 is 0 Å². The fraction of sp³-hybridized carbons (Fsp3) is 0.582. The van der Waals surface area contributed by atoms with Crippen molar-refractivity contribution in [1.82, 2.24) is 25.3 Å². The fourth-order valence-electron chi connectivity index (χ4n) is 13.2. The minimum Gasteiger partial charge on any atom is -0.355 e. The molecule has 6 heterocycles. The first-order chi connectivity index (χ1) is 33.4. The Labute approximate surface area is 436 Å². The molecule has 0 amide bonds. The molecule has 5 heteroatoms. The Morgan fingerprint density at radius 2 is 0.806 bits per heavy atom. The molecular formula is C67H93N5. The van der Waals surface area contributed by atoms with Gasteiger partial charge < -0.3 is 15.3 Å². The van der Waals surface area contributed by atoms with Crippen LogP contribution in [0.5, 0.6) is 0 Å². The summed E-state index contributed by atoms with van der Waals surface area (Å²) < 4.78 is 0. The summed E-state index contributed by atoms with van der Waals surface area (Å²) in [4.78, 5) is 20.1. The second kappa shape index (κ2) is 18.7. The largest absolute Gasteiger partial charge is 0.355 e. The molecule has 72 heavy (non-hydrogen) atoms. The molecule has 5 atom stereocenters. The maximum Gasteiger partial charge on any atom is 0.0697 e. The number of nitrogens with one attached hydrogen (secondary N) is 3. The van der Waals surface area contributed by atoms with E-state index < -0.39 is 0 Å². The monoisotopic (exact) mass is 968 g/mol. The van der Waals surface area contributed by atoms with Gasteiger partial charge >= 0.3 is 0 Å². The molecule has 0 saturated heterocycles. The van der Waals surface area contributed by atoms with Crippen molar-refractivity contribution in [3.05, 3.63) is 105 Å². The Morgan fingerprint density at radius 3 is 1.19 bits per heavy atom. The highest BCUT2D eigenvalue weighted by Crippen LogP contribution is 2.55. The van der Waals surface area contributed by atoms with Crippen LogP contribution in [0.4, 0.5) is 0 Å². The lowest BCUT2D eigenvalue weighted by atomic mass is 9.59. The lowest BCUT2D eigenvalue weighted by molar-refractivity contribution is 0.0700. The Morgan fingerprint density at radius 1 is 0.431 bits per heavy atom. The van der Waals surface area contributed by atoms with E-state index in [4.69, 9.17) is 9.97 Å². The van der Waals surface area contributed by atoms with Crippen LogP contribution in [-0.2, 0) is 10.8 Å². The van der Waals surface area contributed by atoms with E-state index >= 15 is 0 Å². The molecule has 8 bridgehead atoms. The molecule has 5 aliphatic rings. The zero-order valence-corrected chi connectivity index (χ0v) is 48.1. The SMILES string of the molecule is CC(C)(C)c1cc(-c2c3ccc([nH]3)c(C3C=CCNC3)c3nc(c(C4CC(C(C)(C)C)CC(C(C)(C)C)C4)c4nc(c(C5CC(C(C)(C)C)CC(C(C)(C)C)C5)c5ccc2[nH]5)C=C4)C=C3)cc(C(C)(C)C)c1. The van der Waals surface area contributed by atoms with Gasteiger partial charge in [0.15, 0.2) is 0 Å². The number of benzene rings is 1. The first kappa shape index (κ1) is 52.4. The molecule has 9 rings (SSSR count).